The van der Waals surface area contributed by atoms with Crippen molar-refractivity contribution in [1.82, 2.24) is 0 Å². The topological polar surface area (TPSA) is 3.24 Å². The van der Waals surface area contributed by atoms with Crippen LogP contribution in [0.25, 0.3) is 64.3 Å². The summed E-state index contributed by atoms with van der Waals surface area (Å²) in [6, 6.07) is 68.0. The van der Waals surface area contributed by atoms with Crippen LogP contribution in [-0.4, -0.2) is 0 Å². The van der Waals surface area contributed by atoms with Crippen LogP contribution in [0, 0.1) is 0 Å². The number of hydrogen-bond acceptors (Lipinski definition) is 2. The van der Waals surface area contributed by atoms with E-state index in [0.29, 0.717) is 0 Å². The summed E-state index contributed by atoms with van der Waals surface area (Å²) in [5.41, 5.74) is 10.6. The van der Waals surface area contributed by atoms with Crippen molar-refractivity contribution in [3.8, 4) is 33.4 Å². The molecule has 0 unspecified atom stereocenters. The zero-order chi connectivity index (χ0) is 31.9. The second kappa shape index (κ2) is 12.0. The first kappa shape index (κ1) is 28.3. The summed E-state index contributed by atoms with van der Waals surface area (Å²) in [5, 5.41) is 5.26. The van der Waals surface area contributed by atoms with Crippen molar-refractivity contribution in [1.29, 1.82) is 0 Å². The lowest BCUT2D eigenvalue weighted by Crippen LogP contribution is -2.11. The van der Waals surface area contributed by atoms with E-state index in [9.17, 15) is 0 Å². The Hall–Kier alpha value is -5.96. The van der Waals surface area contributed by atoms with Gasteiger partial charge in [-0.3, -0.25) is 0 Å². The molecule has 0 spiro atoms. The average molecular weight is 630 g/mol. The molecule has 0 N–H and O–H groups in total. The molecule has 0 bridgehead atoms. The maximum absolute atomic E-state index is 2.38. The summed E-state index contributed by atoms with van der Waals surface area (Å²) in [7, 11) is 0. The number of hydrogen-bond donors (Lipinski definition) is 0. The van der Waals surface area contributed by atoms with Gasteiger partial charge in [-0.15, -0.1) is 11.3 Å². The lowest BCUT2D eigenvalue weighted by atomic mass is 9.96. The molecule has 9 rings (SSSR count). The maximum Gasteiger partial charge on any atom is 0.0540 e. The van der Waals surface area contributed by atoms with Crippen LogP contribution >= 0.6 is 11.3 Å². The first-order valence-electron chi connectivity index (χ1n) is 16.3. The van der Waals surface area contributed by atoms with Crippen LogP contribution in [0.15, 0.2) is 188 Å². The standard InChI is InChI=1S/C46H31NS/c1-4-12-32(13-5-1)37-25-29-44(42(30-37)34-14-6-2-7-15-34)47(38-16-8-3-9-17-38)39-26-22-33(23-27-39)36-21-20-35-24-28-41-40-18-10-11-19-45(40)48-46(41)43(35)31-36/h1-31H. The molecule has 48 heavy (non-hydrogen) atoms. The summed E-state index contributed by atoms with van der Waals surface area (Å²) in [6.45, 7) is 0. The highest BCUT2D eigenvalue weighted by atomic mass is 32.1. The van der Waals surface area contributed by atoms with Crippen molar-refractivity contribution in [2.24, 2.45) is 0 Å². The minimum absolute atomic E-state index is 1.11. The third kappa shape index (κ3) is 5.04. The molecule has 0 saturated heterocycles. The van der Waals surface area contributed by atoms with Crippen molar-refractivity contribution < 1.29 is 0 Å². The monoisotopic (exact) mass is 629 g/mol. The van der Waals surface area contributed by atoms with Crippen molar-refractivity contribution in [3.63, 3.8) is 0 Å². The van der Waals surface area contributed by atoms with Crippen molar-refractivity contribution >= 4 is 59.3 Å². The molecule has 1 nitrogen and oxygen atoms in total. The molecule has 226 valence electrons. The molecule has 9 aromatic rings. The van der Waals surface area contributed by atoms with Crippen molar-refractivity contribution in [2.45, 2.75) is 0 Å². The molecule has 0 amide bonds. The van der Waals surface area contributed by atoms with E-state index in [1.165, 1.54) is 64.3 Å². The predicted molar refractivity (Wildman–Crippen MR) is 208 cm³/mol. The number of rotatable bonds is 6. The fourth-order valence-corrected chi connectivity index (χ4v) is 8.11. The SMILES string of the molecule is c1ccc(-c2ccc(N(c3ccccc3)c3ccc(-c4ccc5ccc6c7ccccc7sc6c5c4)cc3)c(-c3ccccc3)c2)cc1. The van der Waals surface area contributed by atoms with E-state index < -0.39 is 0 Å². The number of para-hydroxylation sites is 1. The van der Waals surface area contributed by atoms with E-state index in [2.05, 4.69) is 193 Å². The van der Waals surface area contributed by atoms with Crippen LogP contribution in [0.1, 0.15) is 0 Å². The van der Waals surface area contributed by atoms with Crippen LogP contribution in [0.5, 0.6) is 0 Å². The van der Waals surface area contributed by atoms with Gasteiger partial charge < -0.3 is 4.90 Å². The summed E-state index contributed by atoms with van der Waals surface area (Å²) < 4.78 is 2.69. The van der Waals surface area contributed by atoms with E-state index >= 15 is 0 Å². The maximum atomic E-state index is 2.38. The molecule has 8 aromatic carbocycles. The van der Waals surface area contributed by atoms with Crippen LogP contribution in [0.2, 0.25) is 0 Å². The van der Waals surface area contributed by atoms with E-state index in [1.54, 1.807) is 0 Å². The molecular weight excluding hydrogens is 599 g/mol. The summed E-state index contributed by atoms with van der Waals surface area (Å²) in [6.07, 6.45) is 0. The molecule has 0 fully saturated rings. The van der Waals surface area contributed by atoms with Gasteiger partial charge in [-0.05, 0) is 81.7 Å². The van der Waals surface area contributed by atoms with Gasteiger partial charge in [-0.25, -0.2) is 0 Å². The molecule has 1 aromatic heterocycles. The van der Waals surface area contributed by atoms with E-state index in [4.69, 9.17) is 0 Å². The quantitative estimate of drug-likeness (QED) is 0.177. The van der Waals surface area contributed by atoms with Gasteiger partial charge in [0.2, 0.25) is 0 Å². The normalized spacial score (nSPS) is 11.3. The third-order valence-electron chi connectivity index (χ3n) is 9.26. The zero-order valence-electron chi connectivity index (χ0n) is 26.3. The van der Waals surface area contributed by atoms with Crippen molar-refractivity contribution in [2.75, 3.05) is 4.90 Å². The molecule has 0 aliphatic rings. The molecule has 0 aliphatic carbocycles. The Labute approximate surface area is 284 Å². The Kier molecular flexibility index (Phi) is 7.07. The Balaban J connectivity index is 1.16. The van der Waals surface area contributed by atoms with Gasteiger partial charge in [0.1, 0.15) is 0 Å². The zero-order valence-corrected chi connectivity index (χ0v) is 27.1. The molecule has 0 saturated carbocycles. The number of thiophene rings is 1. The Morgan fingerprint density at radius 1 is 0.354 bits per heavy atom. The fourth-order valence-electron chi connectivity index (χ4n) is 6.88. The number of fused-ring (bicyclic) bond motifs is 5. The van der Waals surface area contributed by atoms with Crippen LogP contribution in [0.4, 0.5) is 17.1 Å². The Bertz CT molecular complexity index is 2530. The fraction of sp³-hybridized carbons (Fsp3) is 0. The predicted octanol–water partition coefficient (Wildman–Crippen LogP) is 13.7. The summed E-state index contributed by atoms with van der Waals surface area (Å²) in [4.78, 5) is 2.38. The minimum atomic E-state index is 1.11. The van der Waals surface area contributed by atoms with Gasteiger partial charge >= 0.3 is 0 Å². The van der Waals surface area contributed by atoms with Gasteiger partial charge in [0.25, 0.3) is 0 Å². The lowest BCUT2D eigenvalue weighted by molar-refractivity contribution is 1.28. The van der Waals surface area contributed by atoms with Crippen molar-refractivity contribution in [3.05, 3.63) is 188 Å². The van der Waals surface area contributed by atoms with Gasteiger partial charge in [0.05, 0.1) is 5.69 Å². The molecule has 0 atom stereocenters. The Morgan fingerprint density at radius 3 is 1.69 bits per heavy atom. The van der Waals surface area contributed by atoms with Crippen LogP contribution < -0.4 is 4.90 Å². The largest absolute Gasteiger partial charge is 0.310 e. The summed E-state index contributed by atoms with van der Waals surface area (Å²) >= 11 is 1.89. The summed E-state index contributed by atoms with van der Waals surface area (Å²) in [5.74, 6) is 0. The van der Waals surface area contributed by atoms with Gasteiger partial charge in [-0.1, -0.05) is 140 Å². The van der Waals surface area contributed by atoms with E-state index in [-0.39, 0.29) is 0 Å². The Morgan fingerprint density at radius 2 is 0.917 bits per heavy atom. The third-order valence-corrected chi connectivity index (χ3v) is 10.5. The number of nitrogens with zero attached hydrogens (tertiary/aromatic N) is 1. The van der Waals surface area contributed by atoms with Gasteiger partial charge in [-0.2, -0.15) is 0 Å². The molecule has 0 aliphatic heterocycles. The molecule has 1 heterocycles. The van der Waals surface area contributed by atoms with Crippen LogP contribution in [-0.2, 0) is 0 Å². The van der Waals surface area contributed by atoms with E-state index in [0.717, 1.165) is 17.1 Å². The highest BCUT2D eigenvalue weighted by Gasteiger charge is 2.18. The van der Waals surface area contributed by atoms with E-state index in [1.807, 2.05) is 11.3 Å². The average Bonchev–Trinajstić information content (AvgIpc) is 3.56. The smallest absolute Gasteiger partial charge is 0.0540 e. The molecular formula is C46H31NS. The first-order chi connectivity index (χ1) is 23.8. The molecule has 2 heteroatoms. The first-order valence-corrected chi connectivity index (χ1v) is 17.2. The van der Waals surface area contributed by atoms with Gasteiger partial charge in [0, 0.05) is 42.5 Å². The second-order valence-electron chi connectivity index (χ2n) is 12.2. The number of anilines is 3. The highest BCUT2D eigenvalue weighted by Crippen LogP contribution is 2.44. The van der Waals surface area contributed by atoms with Gasteiger partial charge in [0.15, 0.2) is 0 Å². The lowest BCUT2D eigenvalue weighted by Gasteiger charge is -2.28. The minimum Gasteiger partial charge on any atom is -0.310 e. The number of benzene rings is 8. The highest BCUT2D eigenvalue weighted by molar-refractivity contribution is 7.26. The van der Waals surface area contributed by atoms with Crippen LogP contribution in [0.3, 0.4) is 0 Å². The second-order valence-corrected chi connectivity index (χ2v) is 13.2. The molecule has 0 radical (unpaired) electrons.